The van der Waals surface area contributed by atoms with E-state index in [9.17, 15) is 4.79 Å². The Morgan fingerprint density at radius 3 is 2.80 bits per heavy atom. The standard InChI is InChI=1S/C10H18N4O/c1-3-5-11-10(15)12-6-4-9-7-13-14(2)8-9/h7-8H,3-6H2,1-2H3,(H2,11,12,15). The third-order valence-electron chi connectivity index (χ3n) is 1.99. The molecule has 0 fully saturated rings. The number of nitrogens with one attached hydrogen (secondary N) is 2. The number of hydrogen-bond donors (Lipinski definition) is 2. The second-order valence-corrected chi connectivity index (χ2v) is 3.45. The van der Waals surface area contributed by atoms with Gasteiger partial charge in [0.05, 0.1) is 6.20 Å². The van der Waals surface area contributed by atoms with Crippen LogP contribution < -0.4 is 10.6 Å². The first-order valence-corrected chi connectivity index (χ1v) is 5.21. The molecule has 0 unspecified atom stereocenters. The number of amides is 2. The minimum atomic E-state index is -0.0965. The molecule has 1 heterocycles. The van der Waals surface area contributed by atoms with Crippen molar-refractivity contribution >= 4 is 6.03 Å². The first kappa shape index (κ1) is 11.6. The fourth-order valence-electron chi connectivity index (χ4n) is 1.22. The van der Waals surface area contributed by atoms with Crippen LogP contribution in [0.1, 0.15) is 18.9 Å². The highest BCUT2D eigenvalue weighted by molar-refractivity contribution is 5.73. The van der Waals surface area contributed by atoms with Crippen LogP contribution in [0.2, 0.25) is 0 Å². The summed E-state index contributed by atoms with van der Waals surface area (Å²) in [6, 6.07) is -0.0965. The summed E-state index contributed by atoms with van der Waals surface area (Å²) < 4.78 is 1.76. The lowest BCUT2D eigenvalue weighted by atomic mass is 10.2. The van der Waals surface area contributed by atoms with Gasteiger partial charge in [0, 0.05) is 26.3 Å². The van der Waals surface area contributed by atoms with Gasteiger partial charge in [0.25, 0.3) is 0 Å². The van der Waals surface area contributed by atoms with Crippen LogP contribution in [0.3, 0.4) is 0 Å². The van der Waals surface area contributed by atoms with Crippen molar-refractivity contribution in [3.63, 3.8) is 0 Å². The molecule has 2 amide bonds. The lowest BCUT2D eigenvalue weighted by Gasteiger charge is -2.05. The normalized spacial score (nSPS) is 10.0. The summed E-state index contributed by atoms with van der Waals surface area (Å²) in [6.07, 6.45) is 5.53. The molecular weight excluding hydrogens is 192 g/mol. The van der Waals surface area contributed by atoms with Crippen molar-refractivity contribution in [2.24, 2.45) is 7.05 Å². The second kappa shape index (κ2) is 6.06. The predicted molar refractivity (Wildman–Crippen MR) is 58.6 cm³/mol. The molecule has 0 atom stereocenters. The summed E-state index contributed by atoms with van der Waals surface area (Å²) in [5.74, 6) is 0. The molecule has 5 heteroatoms. The molecule has 0 radical (unpaired) electrons. The van der Waals surface area contributed by atoms with Gasteiger partial charge in [-0.3, -0.25) is 4.68 Å². The fourth-order valence-corrected chi connectivity index (χ4v) is 1.22. The maximum absolute atomic E-state index is 11.2. The number of rotatable bonds is 5. The van der Waals surface area contributed by atoms with Crippen molar-refractivity contribution in [2.75, 3.05) is 13.1 Å². The number of hydrogen-bond acceptors (Lipinski definition) is 2. The molecule has 2 N–H and O–H groups in total. The molecule has 15 heavy (non-hydrogen) atoms. The van der Waals surface area contributed by atoms with Crippen molar-refractivity contribution in [3.8, 4) is 0 Å². The molecule has 1 aromatic heterocycles. The van der Waals surface area contributed by atoms with E-state index in [0.717, 1.165) is 24.9 Å². The Hall–Kier alpha value is -1.52. The van der Waals surface area contributed by atoms with Gasteiger partial charge in [-0.1, -0.05) is 6.92 Å². The fraction of sp³-hybridized carbons (Fsp3) is 0.600. The van der Waals surface area contributed by atoms with Gasteiger partial charge in [-0.15, -0.1) is 0 Å². The van der Waals surface area contributed by atoms with E-state index >= 15 is 0 Å². The summed E-state index contributed by atoms with van der Waals surface area (Å²) in [5, 5.41) is 9.59. The molecule has 0 aromatic carbocycles. The number of carbonyl (C=O) groups is 1. The van der Waals surface area contributed by atoms with Crippen LogP contribution in [0.15, 0.2) is 12.4 Å². The van der Waals surface area contributed by atoms with Crippen molar-refractivity contribution < 1.29 is 4.79 Å². The van der Waals surface area contributed by atoms with E-state index in [1.54, 1.807) is 4.68 Å². The molecule has 0 aliphatic carbocycles. The summed E-state index contributed by atoms with van der Waals surface area (Å²) in [5.41, 5.74) is 1.13. The monoisotopic (exact) mass is 210 g/mol. The summed E-state index contributed by atoms with van der Waals surface area (Å²) >= 11 is 0. The second-order valence-electron chi connectivity index (χ2n) is 3.45. The Balaban J connectivity index is 2.13. The van der Waals surface area contributed by atoms with Crippen LogP contribution in [-0.2, 0) is 13.5 Å². The first-order chi connectivity index (χ1) is 7.22. The Kier molecular flexibility index (Phi) is 4.66. The van der Waals surface area contributed by atoms with Crippen molar-refractivity contribution in [1.82, 2.24) is 20.4 Å². The molecule has 0 aliphatic heterocycles. The van der Waals surface area contributed by atoms with Crippen LogP contribution in [0.25, 0.3) is 0 Å². The van der Waals surface area contributed by atoms with Gasteiger partial charge < -0.3 is 10.6 Å². The Bertz CT molecular complexity index is 308. The number of aromatic nitrogens is 2. The lowest BCUT2D eigenvalue weighted by molar-refractivity contribution is 0.241. The predicted octanol–water partition coefficient (Wildman–Crippen LogP) is 0.672. The molecular formula is C10H18N4O. The molecule has 0 saturated heterocycles. The first-order valence-electron chi connectivity index (χ1n) is 5.21. The molecule has 1 aromatic rings. The van der Waals surface area contributed by atoms with Crippen molar-refractivity contribution in [3.05, 3.63) is 18.0 Å². The summed E-state index contributed by atoms with van der Waals surface area (Å²) in [6.45, 7) is 3.38. The van der Waals surface area contributed by atoms with Crippen LogP contribution >= 0.6 is 0 Å². The Labute approximate surface area is 89.9 Å². The van der Waals surface area contributed by atoms with E-state index in [0.29, 0.717) is 6.54 Å². The van der Waals surface area contributed by atoms with E-state index in [4.69, 9.17) is 0 Å². The van der Waals surface area contributed by atoms with Crippen LogP contribution in [-0.4, -0.2) is 28.9 Å². The topological polar surface area (TPSA) is 59.0 Å². The Morgan fingerprint density at radius 1 is 1.47 bits per heavy atom. The lowest BCUT2D eigenvalue weighted by Crippen LogP contribution is -2.36. The smallest absolute Gasteiger partial charge is 0.314 e. The largest absolute Gasteiger partial charge is 0.338 e. The van der Waals surface area contributed by atoms with Gasteiger partial charge in [0.2, 0.25) is 0 Å². The summed E-state index contributed by atoms with van der Waals surface area (Å²) in [4.78, 5) is 11.2. The van der Waals surface area contributed by atoms with Crippen LogP contribution in [0.4, 0.5) is 4.79 Å². The quantitative estimate of drug-likeness (QED) is 0.750. The third-order valence-corrected chi connectivity index (χ3v) is 1.99. The van der Waals surface area contributed by atoms with E-state index in [1.165, 1.54) is 0 Å². The minimum absolute atomic E-state index is 0.0965. The zero-order valence-electron chi connectivity index (χ0n) is 9.29. The van der Waals surface area contributed by atoms with Crippen LogP contribution in [0, 0.1) is 0 Å². The van der Waals surface area contributed by atoms with Gasteiger partial charge in [0.15, 0.2) is 0 Å². The van der Waals surface area contributed by atoms with E-state index < -0.39 is 0 Å². The van der Waals surface area contributed by atoms with E-state index in [-0.39, 0.29) is 6.03 Å². The van der Waals surface area contributed by atoms with Gasteiger partial charge in [-0.05, 0) is 18.4 Å². The van der Waals surface area contributed by atoms with Crippen LogP contribution in [0.5, 0.6) is 0 Å². The van der Waals surface area contributed by atoms with Gasteiger partial charge in [-0.25, -0.2) is 4.79 Å². The molecule has 0 spiro atoms. The minimum Gasteiger partial charge on any atom is -0.338 e. The highest BCUT2D eigenvalue weighted by Crippen LogP contribution is 1.95. The highest BCUT2D eigenvalue weighted by atomic mass is 16.2. The van der Waals surface area contributed by atoms with Crippen molar-refractivity contribution in [2.45, 2.75) is 19.8 Å². The SMILES string of the molecule is CCCNC(=O)NCCc1cnn(C)c1. The van der Waals surface area contributed by atoms with Gasteiger partial charge in [0.1, 0.15) is 0 Å². The van der Waals surface area contributed by atoms with E-state index in [1.807, 2.05) is 26.4 Å². The maximum Gasteiger partial charge on any atom is 0.314 e. The summed E-state index contributed by atoms with van der Waals surface area (Å²) in [7, 11) is 1.88. The van der Waals surface area contributed by atoms with Gasteiger partial charge >= 0.3 is 6.03 Å². The molecule has 84 valence electrons. The molecule has 0 saturated carbocycles. The molecule has 5 nitrogen and oxygen atoms in total. The number of nitrogens with zero attached hydrogens (tertiary/aromatic N) is 2. The van der Waals surface area contributed by atoms with Crippen molar-refractivity contribution in [1.29, 1.82) is 0 Å². The number of carbonyl (C=O) groups excluding carboxylic acids is 1. The zero-order valence-corrected chi connectivity index (χ0v) is 9.29. The molecule has 0 bridgehead atoms. The number of urea groups is 1. The van der Waals surface area contributed by atoms with E-state index in [2.05, 4.69) is 15.7 Å². The zero-order chi connectivity index (χ0) is 11.1. The third kappa shape index (κ3) is 4.49. The average Bonchev–Trinajstić information content (AvgIpc) is 2.61. The maximum atomic E-state index is 11.2. The molecule has 1 rings (SSSR count). The highest BCUT2D eigenvalue weighted by Gasteiger charge is 1.99. The number of aryl methyl sites for hydroxylation is 1. The Morgan fingerprint density at radius 2 is 2.20 bits per heavy atom. The molecule has 0 aliphatic rings. The average molecular weight is 210 g/mol. The van der Waals surface area contributed by atoms with Gasteiger partial charge in [-0.2, -0.15) is 5.10 Å².